The summed E-state index contributed by atoms with van der Waals surface area (Å²) in [5.74, 6) is 0.699. The third-order valence-electron chi connectivity index (χ3n) is 10.6. The molecular formula is C35H41F2N7O3. The molecule has 12 heteroatoms. The van der Waals surface area contributed by atoms with Crippen molar-refractivity contribution in [1.82, 2.24) is 24.6 Å². The molecule has 2 N–H and O–H groups in total. The number of nitrogens with zero attached hydrogens (tertiary/aromatic N) is 7. The number of phenols is 1. The van der Waals surface area contributed by atoms with Crippen LogP contribution in [0.2, 0.25) is 0 Å². The van der Waals surface area contributed by atoms with Gasteiger partial charge in [-0.25, -0.2) is 8.78 Å². The minimum Gasteiger partial charge on any atom is -0.508 e. The molecule has 2 fully saturated rings. The van der Waals surface area contributed by atoms with Crippen LogP contribution in [0.5, 0.6) is 11.8 Å². The average Bonchev–Trinajstić information content (AvgIpc) is 3.69. The lowest BCUT2D eigenvalue weighted by molar-refractivity contribution is 0.107. The van der Waals surface area contributed by atoms with Crippen LogP contribution in [0.3, 0.4) is 0 Å². The van der Waals surface area contributed by atoms with E-state index in [4.69, 9.17) is 14.7 Å². The molecule has 10 nitrogen and oxygen atoms in total. The van der Waals surface area contributed by atoms with Gasteiger partial charge in [-0.2, -0.15) is 15.1 Å². The van der Waals surface area contributed by atoms with Crippen molar-refractivity contribution in [2.75, 3.05) is 42.6 Å². The maximum atomic E-state index is 15.0. The number of hydrogen-bond acceptors (Lipinski definition) is 9. The van der Waals surface area contributed by atoms with Crippen LogP contribution in [0.1, 0.15) is 60.8 Å². The van der Waals surface area contributed by atoms with E-state index in [2.05, 4.69) is 19.8 Å². The van der Waals surface area contributed by atoms with Crippen LogP contribution < -0.4 is 14.5 Å². The number of aromatic nitrogens is 4. The Bertz CT molecular complexity index is 1830. The van der Waals surface area contributed by atoms with Gasteiger partial charge in [-0.15, -0.1) is 0 Å². The Kier molecular flexibility index (Phi) is 7.67. The molecule has 4 aliphatic rings. The number of aryl methyl sites for hydroxylation is 2. The molecule has 4 aliphatic heterocycles. The number of aliphatic hydroxyl groups excluding tert-OH is 1. The standard InChI is InChI=1S/C35H41F2N7O3/c1-2-27-29(37)6-5-22-13-26(46)15-31(32(22)27)41-12-7-28-30(19-41)38-34(47-21-35-8-3-10-43(35)17-23(36)16-35)39-33(28)42-9-4-11-44-25(18-42)14-24(20-45)40-44/h5-6,13-15,23,45-46H,2-4,7-12,16-21H2,1H3/t23-,35+/m1/s1. The lowest BCUT2D eigenvalue weighted by atomic mass is 9.95. The van der Waals surface area contributed by atoms with Gasteiger partial charge in [0.15, 0.2) is 0 Å². The quantitative estimate of drug-likeness (QED) is 0.297. The third-order valence-corrected chi connectivity index (χ3v) is 10.6. The summed E-state index contributed by atoms with van der Waals surface area (Å²) in [4.78, 5) is 16.7. The molecule has 0 bridgehead atoms. The van der Waals surface area contributed by atoms with E-state index in [1.54, 1.807) is 18.2 Å². The van der Waals surface area contributed by atoms with Crippen LogP contribution in [0.25, 0.3) is 10.8 Å². The van der Waals surface area contributed by atoms with Crippen LogP contribution in [0.4, 0.5) is 20.3 Å². The van der Waals surface area contributed by atoms with Crippen molar-refractivity contribution < 1.29 is 23.7 Å². The Morgan fingerprint density at radius 2 is 1.94 bits per heavy atom. The van der Waals surface area contributed by atoms with E-state index < -0.39 is 6.17 Å². The van der Waals surface area contributed by atoms with Gasteiger partial charge in [0.05, 0.1) is 42.3 Å². The van der Waals surface area contributed by atoms with Gasteiger partial charge in [0.25, 0.3) is 0 Å². The van der Waals surface area contributed by atoms with Gasteiger partial charge in [0, 0.05) is 55.3 Å². The number of alkyl halides is 1. The number of benzene rings is 2. The first-order valence-corrected chi connectivity index (χ1v) is 16.9. The minimum atomic E-state index is -0.854. The molecule has 2 aromatic heterocycles. The van der Waals surface area contributed by atoms with Crippen molar-refractivity contribution in [3.05, 3.63) is 64.4 Å². The molecular weight excluding hydrogens is 604 g/mol. The molecule has 6 heterocycles. The van der Waals surface area contributed by atoms with Gasteiger partial charge in [0.2, 0.25) is 0 Å². The highest BCUT2D eigenvalue weighted by Crippen LogP contribution is 2.42. The maximum absolute atomic E-state index is 15.0. The van der Waals surface area contributed by atoms with Crippen molar-refractivity contribution in [1.29, 1.82) is 0 Å². The SMILES string of the molecule is CCc1c(F)ccc2cc(O)cc(N3CCc4c(nc(OC[C@@]56CCCN5C[C@H](F)C6)nc4N4CCCn5nc(CO)cc5C4)C3)c12. The number of fused-ring (bicyclic) bond motifs is 4. The maximum Gasteiger partial charge on any atom is 0.318 e. The minimum absolute atomic E-state index is 0.109. The van der Waals surface area contributed by atoms with Gasteiger partial charge < -0.3 is 24.7 Å². The zero-order valence-electron chi connectivity index (χ0n) is 26.8. The van der Waals surface area contributed by atoms with Gasteiger partial charge in [0.1, 0.15) is 30.2 Å². The Hall–Kier alpha value is -4.03. The Labute approximate surface area is 272 Å². The topological polar surface area (TPSA) is 103 Å². The average molecular weight is 646 g/mol. The highest BCUT2D eigenvalue weighted by Gasteiger charge is 2.49. The van der Waals surface area contributed by atoms with Crippen LogP contribution >= 0.6 is 0 Å². The number of aliphatic hydroxyl groups is 1. The molecule has 2 atom stereocenters. The summed E-state index contributed by atoms with van der Waals surface area (Å²) in [6, 6.07) is 8.82. The summed E-state index contributed by atoms with van der Waals surface area (Å²) < 4.78 is 38.0. The first-order chi connectivity index (χ1) is 22.8. The molecule has 0 amide bonds. The fraction of sp³-hybridized carbons (Fsp3) is 0.514. The molecule has 8 rings (SSSR count). The summed E-state index contributed by atoms with van der Waals surface area (Å²) in [7, 11) is 0. The van der Waals surface area contributed by atoms with Crippen molar-refractivity contribution in [2.24, 2.45) is 0 Å². The molecule has 0 unspecified atom stereocenters. The fourth-order valence-corrected chi connectivity index (χ4v) is 8.42. The molecule has 0 aliphatic carbocycles. The summed E-state index contributed by atoms with van der Waals surface area (Å²) in [6.07, 6.45) is 3.56. The predicted molar refractivity (Wildman–Crippen MR) is 174 cm³/mol. The van der Waals surface area contributed by atoms with Crippen molar-refractivity contribution in [2.45, 2.75) is 83.4 Å². The molecule has 2 aromatic carbocycles. The van der Waals surface area contributed by atoms with E-state index in [0.29, 0.717) is 63.3 Å². The van der Waals surface area contributed by atoms with Crippen molar-refractivity contribution in [3.63, 3.8) is 0 Å². The van der Waals surface area contributed by atoms with Crippen LogP contribution in [0.15, 0.2) is 30.3 Å². The van der Waals surface area contributed by atoms with E-state index in [9.17, 15) is 14.6 Å². The van der Waals surface area contributed by atoms with E-state index in [-0.39, 0.29) is 29.7 Å². The van der Waals surface area contributed by atoms with E-state index in [0.717, 1.165) is 78.1 Å². The van der Waals surface area contributed by atoms with Crippen molar-refractivity contribution in [3.8, 4) is 11.8 Å². The second-order valence-electron chi connectivity index (χ2n) is 13.5. The number of anilines is 2. The Morgan fingerprint density at radius 3 is 2.79 bits per heavy atom. The van der Waals surface area contributed by atoms with E-state index in [1.165, 1.54) is 6.07 Å². The molecule has 0 radical (unpaired) electrons. The number of phenolic OH excluding ortho intramolecular Hbond substituents is 1. The van der Waals surface area contributed by atoms with Crippen molar-refractivity contribution >= 4 is 22.3 Å². The van der Waals surface area contributed by atoms with Gasteiger partial charge in [-0.1, -0.05) is 13.0 Å². The monoisotopic (exact) mass is 645 g/mol. The highest BCUT2D eigenvalue weighted by molar-refractivity contribution is 5.98. The molecule has 2 saturated heterocycles. The second kappa shape index (κ2) is 11.9. The normalized spacial score (nSPS) is 22.8. The third kappa shape index (κ3) is 5.35. The highest BCUT2D eigenvalue weighted by atomic mass is 19.1. The molecule has 47 heavy (non-hydrogen) atoms. The molecule has 4 aromatic rings. The number of hydrogen-bond donors (Lipinski definition) is 2. The van der Waals surface area contributed by atoms with Gasteiger partial charge in [-0.05, 0) is 67.8 Å². The number of aromatic hydroxyl groups is 1. The fourth-order valence-electron chi connectivity index (χ4n) is 8.42. The Balaban J connectivity index is 1.18. The first-order valence-electron chi connectivity index (χ1n) is 16.9. The van der Waals surface area contributed by atoms with Gasteiger partial charge >= 0.3 is 6.01 Å². The molecule has 0 saturated carbocycles. The largest absolute Gasteiger partial charge is 0.508 e. The molecule has 0 spiro atoms. The number of halogens is 2. The summed E-state index contributed by atoms with van der Waals surface area (Å²) in [6.45, 7) is 6.66. The molecule has 248 valence electrons. The lowest BCUT2D eigenvalue weighted by Crippen LogP contribution is -2.43. The number of ether oxygens (including phenoxy) is 1. The number of rotatable bonds is 7. The summed E-state index contributed by atoms with van der Waals surface area (Å²) >= 11 is 0. The summed E-state index contributed by atoms with van der Waals surface area (Å²) in [5.41, 5.74) is 4.60. The summed E-state index contributed by atoms with van der Waals surface area (Å²) in [5, 5.41) is 26.6. The van der Waals surface area contributed by atoms with E-state index in [1.807, 2.05) is 17.7 Å². The van der Waals surface area contributed by atoms with Crippen LogP contribution in [-0.4, -0.2) is 79.4 Å². The zero-order valence-corrected chi connectivity index (χ0v) is 26.8. The lowest BCUT2D eigenvalue weighted by Gasteiger charge is -2.35. The van der Waals surface area contributed by atoms with Crippen LogP contribution in [0, 0.1) is 5.82 Å². The van der Waals surface area contributed by atoms with Gasteiger partial charge in [-0.3, -0.25) is 9.58 Å². The Morgan fingerprint density at radius 1 is 1.04 bits per heavy atom. The van der Waals surface area contributed by atoms with Crippen LogP contribution in [-0.2, 0) is 39.1 Å². The first kappa shape index (κ1) is 30.3. The van der Waals surface area contributed by atoms with E-state index >= 15 is 4.39 Å². The smallest absolute Gasteiger partial charge is 0.318 e. The predicted octanol–water partition coefficient (Wildman–Crippen LogP) is 4.65. The zero-order chi connectivity index (χ0) is 32.3. The second-order valence-corrected chi connectivity index (χ2v) is 13.5.